The van der Waals surface area contributed by atoms with E-state index < -0.39 is 11.1 Å². The average Bonchev–Trinajstić information content (AvgIpc) is 3.76. The first-order valence-electron chi connectivity index (χ1n) is 14.0. The van der Waals surface area contributed by atoms with Crippen molar-refractivity contribution in [3.05, 3.63) is 109 Å². The van der Waals surface area contributed by atoms with Crippen molar-refractivity contribution < 1.29 is 9.50 Å². The topological polar surface area (TPSA) is 89.3 Å². The van der Waals surface area contributed by atoms with Gasteiger partial charge in [0.1, 0.15) is 5.82 Å². The molecule has 0 atom stereocenters. The Kier molecular flexibility index (Phi) is 5.21. The molecule has 3 aromatic carbocycles. The summed E-state index contributed by atoms with van der Waals surface area (Å²) in [5, 5.41) is 16.6. The predicted octanol–water partition coefficient (Wildman–Crippen LogP) is 6.51. The Hall–Kier alpha value is -4.46. The van der Waals surface area contributed by atoms with Gasteiger partial charge in [-0.15, -0.1) is 0 Å². The molecule has 0 amide bonds. The van der Waals surface area contributed by atoms with E-state index in [1.807, 2.05) is 30.5 Å². The van der Waals surface area contributed by atoms with Crippen LogP contribution in [0.15, 0.2) is 97.2 Å². The molecule has 0 aliphatic heterocycles. The highest BCUT2D eigenvalue weighted by Gasteiger charge is 2.58. The van der Waals surface area contributed by atoms with Gasteiger partial charge < -0.3 is 10.8 Å². The summed E-state index contributed by atoms with van der Waals surface area (Å²) in [5.41, 5.74) is 13.4. The quantitative estimate of drug-likeness (QED) is 0.260. The maximum Gasteiger partial charge on any atom is 0.165 e. The summed E-state index contributed by atoms with van der Waals surface area (Å²) in [7, 11) is 0. The van der Waals surface area contributed by atoms with Crippen LogP contribution in [-0.2, 0) is 5.54 Å². The Morgan fingerprint density at radius 1 is 0.854 bits per heavy atom. The van der Waals surface area contributed by atoms with Gasteiger partial charge >= 0.3 is 0 Å². The lowest BCUT2D eigenvalue weighted by atomic mass is 9.60. The second-order valence-corrected chi connectivity index (χ2v) is 11.7. The van der Waals surface area contributed by atoms with Crippen LogP contribution in [0.4, 0.5) is 4.39 Å². The van der Waals surface area contributed by atoms with Crippen molar-refractivity contribution in [2.75, 3.05) is 0 Å². The van der Waals surface area contributed by atoms with Crippen LogP contribution in [0.25, 0.3) is 50.3 Å². The van der Waals surface area contributed by atoms with Crippen molar-refractivity contribution in [1.29, 1.82) is 0 Å². The third-order valence-corrected chi connectivity index (χ3v) is 8.80. The molecule has 3 aromatic heterocycles. The molecule has 0 unspecified atom stereocenters. The number of aromatic nitrogens is 4. The Bertz CT molecular complexity index is 1920. The van der Waals surface area contributed by atoms with Crippen LogP contribution >= 0.6 is 0 Å². The van der Waals surface area contributed by atoms with Crippen LogP contribution in [0.1, 0.15) is 31.2 Å². The van der Waals surface area contributed by atoms with Crippen LogP contribution in [-0.4, -0.2) is 30.3 Å². The second-order valence-electron chi connectivity index (χ2n) is 11.7. The van der Waals surface area contributed by atoms with E-state index in [1.54, 1.807) is 16.6 Å². The fourth-order valence-corrected chi connectivity index (χ4v) is 6.47. The fourth-order valence-electron chi connectivity index (χ4n) is 6.47. The number of halogens is 1. The van der Waals surface area contributed by atoms with Crippen LogP contribution in [0, 0.1) is 11.7 Å². The van der Waals surface area contributed by atoms with E-state index in [-0.39, 0.29) is 5.82 Å². The molecule has 2 aliphatic rings. The minimum Gasteiger partial charge on any atom is -0.389 e. The number of fused-ring (bicyclic) bond motifs is 3. The van der Waals surface area contributed by atoms with Crippen LogP contribution < -0.4 is 5.73 Å². The molecule has 8 rings (SSSR count). The lowest BCUT2D eigenvalue weighted by Gasteiger charge is -2.52. The van der Waals surface area contributed by atoms with E-state index in [0.717, 1.165) is 51.7 Å². The molecule has 41 heavy (non-hydrogen) atoms. The number of hydrogen-bond acceptors (Lipinski definition) is 5. The minimum atomic E-state index is -0.607. The van der Waals surface area contributed by atoms with Crippen LogP contribution in [0.3, 0.4) is 0 Å². The molecule has 0 saturated heterocycles. The second kappa shape index (κ2) is 8.77. The van der Waals surface area contributed by atoms with Gasteiger partial charge in [-0.3, -0.25) is 0 Å². The van der Waals surface area contributed by atoms with E-state index >= 15 is 0 Å². The molecule has 0 spiro atoms. The van der Waals surface area contributed by atoms with Crippen molar-refractivity contribution in [2.24, 2.45) is 11.7 Å². The smallest absolute Gasteiger partial charge is 0.165 e. The molecule has 7 heteroatoms. The molecule has 3 heterocycles. The summed E-state index contributed by atoms with van der Waals surface area (Å²) in [6.45, 7) is 0. The predicted molar refractivity (Wildman–Crippen MR) is 157 cm³/mol. The molecule has 6 nitrogen and oxygen atoms in total. The SMILES string of the molecule is N[C@]1(c2ccc(-c3nc4c(cnc5cc(-c6ccc(F)cc6)nn54)cc3-c3ccccc3)cc2)C[C@](O)(C2CC2)C1. The van der Waals surface area contributed by atoms with Gasteiger partial charge in [0.05, 0.1) is 17.0 Å². The molecule has 202 valence electrons. The first-order valence-corrected chi connectivity index (χ1v) is 14.0. The minimum absolute atomic E-state index is 0.289. The summed E-state index contributed by atoms with van der Waals surface area (Å²) in [4.78, 5) is 9.83. The maximum atomic E-state index is 13.5. The number of pyridine rings is 1. The van der Waals surface area contributed by atoms with Gasteiger partial charge in [-0.25, -0.2) is 14.4 Å². The Morgan fingerprint density at radius 2 is 1.56 bits per heavy atom. The van der Waals surface area contributed by atoms with Gasteiger partial charge in [-0.05, 0) is 73.1 Å². The molecule has 2 saturated carbocycles. The number of aliphatic hydroxyl groups is 1. The van der Waals surface area contributed by atoms with Gasteiger partial charge in [-0.2, -0.15) is 9.61 Å². The van der Waals surface area contributed by atoms with Crippen molar-refractivity contribution in [2.45, 2.75) is 36.8 Å². The number of hydrogen-bond donors (Lipinski definition) is 2. The lowest BCUT2D eigenvalue weighted by molar-refractivity contribution is -0.106. The molecule has 0 bridgehead atoms. The van der Waals surface area contributed by atoms with Gasteiger partial charge in [0, 0.05) is 39.9 Å². The van der Waals surface area contributed by atoms with Gasteiger partial charge in [0.25, 0.3) is 0 Å². The maximum absolute atomic E-state index is 13.5. The normalized spacial score (nSPS) is 22.2. The van der Waals surface area contributed by atoms with E-state index in [9.17, 15) is 9.50 Å². The van der Waals surface area contributed by atoms with Gasteiger partial charge in [0.2, 0.25) is 0 Å². The molecular weight excluding hydrogens is 513 g/mol. The number of nitrogens with zero attached hydrogens (tertiary/aromatic N) is 4. The Balaban J connectivity index is 1.24. The highest BCUT2D eigenvalue weighted by molar-refractivity contribution is 5.91. The molecule has 3 N–H and O–H groups in total. The van der Waals surface area contributed by atoms with Gasteiger partial charge in [-0.1, -0.05) is 54.6 Å². The number of benzene rings is 3. The van der Waals surface area contributed by atoms with Crippen molar-refractivity contribution >= 4 is 16.7 Å². The summed E-state index contributed by atoms with van der Waals surface area (Å²) in [6.07, 6.45) is 5.24. The molecule has 6 aromatic rings. The van der Waals surface area contributed by atoms with E-state index in [1.165, 1.54) is 12.1 Å². The summed E-state index contributed by atoms with van der Waals surface area (Å²) in [5.74, 6) is 0.120. The standard InChI is InChI=1S/C34H28FN5O/c35-27-14-8-22(9-15-27)29-17-30-37-18-24-16-28(21-4-2-1-3-5-21)31(38-32(24)40(30)39-29)23-6-10-25(11-7-23)33(36)19-34(41,20-33)26-12-13-26/h1-11,14-18,26,41H,12-13,19-20,36H2/t33-,34-. The zero-order valence-electron chi connectivity index (χ0n) is 22.3. The fraction of sp³-hybridized carbons (Fsp3) is 0.206. The molecular formula is C34H28FN5O. The Morgan fingerprint density at radius 3 is 2.27 bits per heavy atom. The number of rotatable bonds is 5. The summed E-state index contributed by atoms with van der Waals surface area (Å²) >= 11 is 0. The average molecular weight is 542 g/mol. The highest BCUT2D eigenvalue weighted by Crippen LogP contribution is 2.57. The number of nitrogens with two attached hydrogens (primary N) is 1. The largest absolute Gasteiger partial charge is 0.389 e. The monoisotopic (exact) mass is 541 g/mol. The zero-order chi connectivity index (χ0) is 27.8. The third kappa shape index (κ3) is 4.04. The third-order valence-electron chi connectivity index (χ3n) is 8.80. The van der Waals surface area contributed by atoms with Crippen molar-refractivity contribution in [3.8, 4) is 33.6 Å². The summed E-state index contributed by atoms with van der Waals surface area (Å²) < 4.78 is 15.3. The van der Waals surface area contributed by atoms with E-state index in [4.69, 9.17) is 15.8 Å². The van der Waals surface area contributed by atoms with E-state index in [2.05, 4.69) is 47.4 Å². The molecule has 0 radical (unpaired) electrons. The van der Waals surface area contributed by atoms with Crippen LogP contribution in [0.2, 0.25) is 0 Å². The lowest BCUT2D eigenvalue weighted by Crippen LogP contribution is -2.60. The Labute approximate surface area is 236 Å². The van der Waals surface area contributed by atoms with Gasteiger partial charge in [0.15, 0.2) is 11.3 Å². The first-order chi connectivity index (χ1) is 19.9. The first kappa shape index (κ1) is 24.3. The van der Waals surface area contributed by atoms with Crippen molar-refractivity contribution in [3.63, 3.8) is 0 Å². The van der Waals surface area contributed by atoms with Crippen molar-refractivity contribution in [1.82, 2.24) is 19.6 Å². The zero-order valence-corrected chi connectivity index (χ0v) is 22.3. The van der Waals surface area contributed by atoms with E-state index in [0.29, 0.717) is 35.7 Å². The molecule has 2 fully saturated rings. The van der Waals surface area contributed by atoms with Crippen LogP contribution in [0.5, 0.6) is 0 Å². The molecule has 2 aliphatic carbocycles. The summed E-state index contributed by atoms with van der Waals surface area (Å²) in [6, 6.07) is 28.8. The highest BCUT2D eigenvalue weighted by atomic mass is 19.1.